The number of ether oxygens (including phenoxy) is 1. The largest absolute Gasteiger partial charge is 0.390 e. The number of benzene rings is 1. The standard InChI is InChI=1S/C22H27NO3/c1-11-7-8-16(12(2)9-11)23-21(25)17-14-10-15-18(17)22(23,13-5-3-4-6-13)26-20(15)19(14)24/h7-9,13-15,17-20,24H,3-6,10H2,1-2H3. The van der Waals surface area contributed by atoms with E-state index in [0.717, 1.165) is 30.5 Å². The number of nitrogens with zero attached hydrogens (tertiary/aromatic N) is 1. The molecule has 1 amide bonds. The third-order valence-electron chi connectivity index (χ3n) is 8.24. The van der Waals surface area contributed by atoms with Gasteiger partial charge in [0.05, 0.1) is 18.1 Å². The van der Waals surface area contributed by atoms with E-state index in [-0.39, 0.29) is 29.8 Å². The zero-order valence-electron chi connectivity index (χ0n) is 15.5. The number of hydrogen-bond acceptors (Lipinski definition) is 3. The molecule has 2 heterocycles. The van der Waals surface area contributed by atoms with Gasteiger partial charge >= 0.3 is 0 Å². The molecule has 1 aromatic carbocycles. The van der Waals surface area contributed by atoms with Crippen LogP contribution in [-0.2, 0) is 9.53 Å². The Balaban J connectivity index is 1.56. The van der Waals surface area contributed by atoms with Crippen LogP contribution in [0.25, 0.3) is 0 Å². The second-order valence-electron chi connectivity index (χ2n) is 9.38. The van der Waals surface area contributed by atoms with Crippen LogP contribution in [0, 0.1) is 43.4 Å². The molecule has 5 fully saturated rings. The molecule has 6 rings (SSSR count). The molecular weight excluding hydrogens is 326 g/mol. The predicted octanol–water partition coefficient (Wildman–Crippen LogP) is 3.18. The topological polar surface area (TPSA) is 49.8 Å². The maximum Gasteiger partial charge on any atom is 0.233 e. The Morgan fingerprint density at radius 2 is 1.96 bits per heavy atom. The van der Waals surface area contributed by atoms with Gasteiger partial charge in [-0.2, -0.15) is 0 Å². The number of anilines is 1. The molecule has 0 radical (unpaired) electrons. The lowest BCUT2D eigenvalue weighted by atomic mass is 9.73. The summed E-state index contributed by atoms with van der Waals surface area (Å²) in [5.41, 5.74) is 2.88. The van der Waals surface area contributed by atoms with Crippen molar-refractivity contribution in [2.24, 2.45) is 29.6 Å². The van der Waals surface area contributed by atoms with Crippen molar-refractivity contribution in [3.63, 3.8) is 0 Å². The smallest absolute Gasteiger partial charge is 0.233 e. The van der Waals surface area contributed by atoms with E-state index in [9.17, 15) is 9.90 Å². The van der Waals surface area contributed by atoms with Gasteiger partial charge in [0.1, 0.15) is 0 Å². The molecule has 26 heavy (non-hydrogen) atoms. The molecule has 7 unspecified atom stereocenters. The van der Waals surface area contributed by atoms with Crippen molar-refractivity contribution in [1.29, 1.82) is 0 Å². The highest BCUT2D eigenvalue weighted by molar-refractivity contribution is 6.01. The third kappa shape index (κ3) is 1.59. The number of carbonyl (C=O) groups excluding carboxylic acids is 1. The number of amides is 1. The van der Waals surface area contributed by atoms with E-state index in [0.29, 0.717) is 11.8 Å². The molecule has 3 saturated carbocycles. The molecule has 7 atom stereocenters. The summed E-state index contributed by atoms with van der Waals surface area (Å²) in [6.07, 6.45) is 5.18. The van der Waals surface area contributed by atoms with Crippen LogP contribution in [-0.4, -0.2) is 28.9 Å². The first-order chi connectivity index (χ1) is 12.5. The van der Waals surface area contributed by atoms with Crippen LogP contribution in [0.5, 0.6) is 0 Å². The lowest BCUT2D eigenvalue weighted by Crippen LogP contribution is -2.55. The van der Waals surface area contributed by atoms with E-state index in [1.165, 1.54) is 18.4 Å². The van der Waals surface area contributed by atoms with Gasteiger partial charge in [-0.15, -0.1) is 0 Å². The Morgan fingerprint density at radius 1 is 1.19 bits per heavy atom. The summed E-state index contributed by atoms with van der Waals surface area (Å²) in [6.45, 7) is 4.20. The molecular formula is C22H27NO3. The number of aliphatic hydroxyl groups is 1. The molecule has 0 aromatic heterocycles. The Hall–Kier alpha value is -1.39. The second kappa shape index (κ2) is 4.90. The Kier molecular flexibility index (Phi) is 2.95. The van der Waals surface area contributed by atoms with Gasteiger partial charge in [-0.1, -0.05) is 30.5 Å². The fraction of sp³-hybridized carbons (Fsp3) is 0.682. The lowest BCUT2D eigenvalue weighted by molar-refractivity contribution is -0.138. The predicted molar refractivity (Wildman–Crippen MR) is 97.5 cm³/mol. The SMILES string of the molecule is Cc1ccc(N2C(=O)C3C4CC5C(OC2(C2CCCC2)C53)C4O)c(C)c1. The maximum absolute atomic E-state index is 13.7. The van der Waals surface area contributed by atoms with Crippen LogP contribution in [0.3, 0.4) is 0 Å². The first-order valence-electron chi connectivity index (χ1n) is 10.3. The van der Waals surface area contributed by atoms with Crippen molar-refractivity contribution in [2.75, 3.05) is 4.90 Å². The van der Waals surface area contributed by atoms with Crippen molar-refractivity contribution >= 4 is 11.6 Å². The quantitative estimate of drug-likeness (QED) is 0.888. The molecule has 5 aliphatic rings. The molecule has 2 aliphatic heterocycles. The zero-order chi connectivity index (χ0) is 17.8. The van der Waals surface area contributed by atoms with Crippen LogP contribution in [0.4, 0.5) is 5.69 Å². The van der Waals surface area contributed by atoms with Gasteiger partial charge in [0.15, 0.2) is 5.72 Å². The van der Waals surface area contributed by atoms with Crippen LogP contribution in [0.2, 0.25) is 0 Å². The van der Waals surface area contributed by atoms with Crippen LogP contribution in [0.1, 0.15) is 43.2 Å². The van der Waals surface area contributed by atoms with E-state index in [2.05, 4.69) is 36.9 Å². The molecule has 1 aromatic rings. The zero-order valence-corrected chi connectivity index (χ0v) is 15.5. The number of aliphatic hydroxyl groups excluding tert-OH is 1. The summed E-state index contributed by atoms with van der Waals surface area (Å²) >= 11 is 0. The Morgan fingerprint density at radius 3 is 2.69 bits per heavy atom. The number of fused-ring (bicyclic) bond motifs is 2. The summed E-state index contributed by atoms with van der Waals surface area (Å²) in [7, 11) is 0. The van der Waals surface area contributed by atoms with Gasteiger partial charge in [-0.05, 0) is 56.6 Å². The van der Waals surface area contributed by atoms with Crippen molar-refractivity contribution in [2.45, 2.75) is 63.9 Å². The highest BCUT2D eigenvalue weighted by Crippen LogP contribution is 2.70. The van der Waals surface area contributed by atoms with Crippen LogP contribution < -0.4 is 4.90 Å². The summed E-state index contributed by atoms with van der Waals surface area (Å²) < 4.78 is 6.79. The number of hydrogen-bond donors (Lipinski definition) is 1. The monoisotopic (exact) mass is 353 g/mol. The summed E-state index contributed by atoms with van der Waals surface area (Å²) in [5.74, 6) is 1.30. The normalized spacial score (nSPS) is 46.1. The lowest BCUT2D eigenvalue weighted by Gasteiger charge is -2.43. The fourth-order valence-corrected chi connectivity index (χ4v) is 7.46. The molecule has 1 N–H and O–H groups in total. The minimum atomic E-state index is -0.514. The highest BCUT2D eigenvalue weighted by atomic mass is 16.6. The van der Waals surface area contributed by atoms with Gasteiger partial charge in [0.25, 0.3) is 0 Å². The Labute approximate surface area is 154 Å². The van der Waals surface area contributed by atoms with Crippen molar-refractivity contribution in [3.8, 4) is 0 Å². The summed E-state index contributed by atoms with van der Waals surface area (Å²) in [4.78, 5) is 15.8. The summed E-state index contributed by atoms with van der Waals surface area (Å²) in [6, 6.07) is 6.38. The molecule has 4 nitrogen and oxygen atoms in total. The van der Waals surface area contributed by atoms with E-state index >= 15 is 0 Å². The number of rotatable bonds is 2. The maximum atomic E-state index is 13.7. The van der Waals surface area contributed by atoms with Crippen molar-refractivity contribution < 1.29 is 14.6 Å². The van der Waals surface area contributed by atoms with Crippen LogP contribution in [0.15, 0.2) is 18.2 Å². The van der Waals surface area contributed by atoms with E-state index in [4.69, 9.17) is 4.74 Å². The summed E-state index contributed by atoms with van der Waals surface area (Å²) in [5, 5.41) is 10.8. The Bertz CT molecular complexity index is 801. The first-order valence-corrected chi connectivity index (χ1v) is 10.3. The van der Waals surface area contributed by atoms with E-state index in [1.807, 2.05) is 0 Å². The average molecular weight is 353 g/mol. The first kappa shape index (κ1) is 15.6. The third-order valence-corrected chi connectivity index (χ3v) is 8.24. The van der Waals surface area contributed by atoms with Crippen molar-refractivity contribution in [3.05, 3.63) is 29.3 Å². The molecule has 2 bridgehead atoms. The molecule has 0 spiro atoms. The molecule has 138 valence electrons. The molecule has 2 saturated heterocycles. The fourth-order valence-electron chi connectivity index (χ4n) is 7.46. The minimum Gasteiger partial charge on any atom is -0.390 e. The van der Waals surface area contributed by atoms with E-state index < -0.39 is 11.8 Å². The molecule has 3 aliphatic carbocycles. The van der Waals surface area contributed by atoms with Crippen LogP contribution >= 0.6 is 0 Å². The van der Waals surface area contributed by atoms with Gasteiger partial charge in [0.2, 0.25) is 5.91 Å². The minimum absolute atomic E-state index is 0.0462. The van der Waals surface area contributed by atoms with Gasteiger partial charge < -0.3 is 9.84 Å². The average Bonchev–Trinajstić information content (AvgIpc) is 3.35. The van der Waals surface area contributed by atoms with Gasteiger partial charge in [-0.3, -0.25) is 9.69 Å². The number of carbonyl (C=O) groups is 1. The highest BCUT2D eigenvalue weighted by Gasteiger charge is 2.80. The van der Waals surface area contributed by atoms with Gasteiger partial charge in [-0.25, -0.2) is 0 Å². The van der Waals surface area contributed by atoms with E-state index in [1.54, 1.807) is 0 Å². The molecule has 4 heteroatoms. The van der Waals surface area contributed by atoms with Crippen molar-refractivity contribution in [1.82, 2.24) is 0 Å². The van der Waals surface area contributed by atoms with Gasteiger partial charge in [0, 0.05) is 17.5 Å². The second-order valence-corrected chi connectivity index (χ2v) is 9.38. The number of aryl methyl sites for hydroxylation is 2.